The molecule has 4 aromatic carbocycles. The lowest BCUT2D eigenvalue weighted by Gasteiger charge is -2.08. The van der Waals surface area contributed by atoms with E-state index in [0.717, 1.165) is 85.4 Å². The summed E-state index contributed by atoms with van der Waals surface area (Å²) in [6.45, 7) is 0. The van der Waals surface area contributed by atoms with Gasteiger partial charge in [0.25, 0.3) is 0 Å². The molecule has 0 unspecified atom stereocenters. The standard InChI is InChI=1S/C20H12F3N5OS.C19H9BrF3N5S.C19H9ClF3N5S.C19H10F3N5S.C14H8F3N5S/c1-29-13-2-4-14(5-3-13)30-19-27-8-11(7-24)17(28-19)16-10-26-18-15(16)6-12(9-25-18)20(21,22)23;20-12-2-1-3-13(5-12)29-18-27-7-10(6-24)16(28-18)15-9-26-17-14(15)4-11(8-25-17)19(21,22)23;20-12-1-3-13(4-2-12)29-18-27-7-10(6-24)16(28-18)15-9-26-17-14(15)5-11(8-25-17)19(21,22)23;20-19(21,22)12-6-14-15(10-25-17(14)24-9-12)16-11(7-23)8-26-18(27-16)28-13-4-2-1-3-5-13;1-23-13-21-4-7(3-18)11(22-13)10-6-20-12-9(10)2-8(5-19-12)14(15,16)17/h2-6,8-10H,1H3,(H,25,26);2*1-5,7-9H,(H,25,26);1-6,8-10H,(H,24,25);2,4-6H,1H3,(H,19,20). The van der Waals surface area contributed by atoms with Crippen LogP contribution in [0, 0.1) is 56.7 Å². The number of alkyl halides is 15. The van der Waals surface area contributed by atoms with E-state index in [4.69, 9.17) is 16.3 Å². The SMILES string of the molecule is COc1ccc(Sc2ncc(C#N)c(-c3c[nH]c4ncc(C(F)(F)F)cc34)n2)cc1.CSc1ncc(C#N)c(-c2c[nH]c3ncc(C(F)(F)F)cc23)n1.N#Cc1cnc(Sc2ccc(Cl)cc2)nc1-c1c[nH]c2ncc(C(F)(F)F)cc12.N#Cc1cnc(Sc2cccc(Br)c2)nc1-c1c[nH]c2ncc(C(F)(F)F)cc12.N#Cc1cnc(Sc2ccccc2)nc1-c1c[nH]c2ncc(C(F)(F)F)cc12. The zero-order valence-corrected chi connectivity index (χ0v) is 76.1. The maximum Gasteiger partial charge on any atom is 0.417 e. The van der Waals surface area contributed by atoms with Crippen LogP contribution < -0.4 is 4.74 Å². The van der Waals surface area contributed by atoms with Crippen molar-refractivity contribution in [1.82, 2.24) is 99.7 Å². The van der Waals surface area contributed by atoms with Crippen LogP contribution in [0.4, 0.5) is 65.9 Å². The first-order valence-corrected chi connectivity index (χ1v) is 44.7. The number of aromatic nitrogens is 20. The maximum atomic E-state index is 13.1. The van der Waals surface area contributed by atoms with Crippen LogP contribution in [0.25, 0.3) is 111 Å². The third kappa shape index (κ3) is 23.1. The molecule has 0 saturated carbocycles. The molecule has 0 amide bonds. The predicted octanol–water partition coefficient (Wildman–Crippen LogP) is 25.3. The Morgan fingerprint density at radius 1 is 0.309 bits per heavy atom. The van der Waals surface area contributed by atoms with Gasteiger partial charge in [-0.1, -0.05) is 63.6 Å². The van der Waals surface area contributed by atoms with E-state index in [-0.39, 0.29) is 106 Å². The molecule has 19 aromatic rings. The van der Waals surface area contributed by atoms with Crippen molar-refractivity contribution in [2.75, 3.05) is 13.4 Å². The van der Waals surface area contributed by atoms with Gasteiger partial charge in [-0.05, 0) is 162 Å². The number of pyridine rings is 5. The second-order valence-electron chi connectivity index (χ2n) is 28.2. The average molecular weight is 2070 g/mol. The van der Waals surface area contributed by atoms with E-state index in [1.165, 1.54) is 121 Å². The van der Waals surface area contributed by atoms with Gasteiger partial charge in [-0.25, -0.2) is 74.8 Å². The number of hydrogen-bond acceptors (Lipinski definition) is 26. The molecule has 5 N–H and O–H groups in total. The highest BCUT2D eigenvalue weighted by atomic mass is 79.9. The van der Waals surface area contributed by atoms with Crippen molar-refractivity contribution in [2.24, 2.45) is 0 Å². The van der Waals surface area contributed by atoms with E-state index in [1.54, 1.807) is 49.8 Å². The highest BCUT2D eigenvalue weighted by Crippen LogP contribution is 2.44. The van der Waals surface area contributed by atoms with Gasteiger partial charge in [0, 0.05) is 177 Å². The van der Waals surface area contributed by atoms with E-state index in [9.17, 15) is 92.2 Å². The van der Waals surface area contributed by atoms with Gasteiger partial charge in [-0.15, -0.1) is 0 Å². The van der Waals surface area contributed by atoms with Crippen molar-refractivity contribution < 1.29 is 70.6 Å². The molecule has 0 aliphatic heterocycles. The number of halogens is 17. The van der Waals surface area contributed by atoms with Gasteiger partial charge in [-0.2, -0.15) is 92.2 Å². The Morgan fingerprint density at radius 3 is 0.820 bits per heavy atom. The third-order valence-electron chi connectivity index (χ3n) is 19.4. The molecule has 0 aliphatic rings. The lowest BCUT2D eigenvalue weighted by Crippen LogP contribution is -2.05. The second kappa shape index (κ2) is 41.6. The monoisotopic (exact) mass is 2070 g/mol. The molecule has 0 saturated heterocycles. The van der Waals surface area contributed by atoms with Crippen LogP contribution in [0.5, 0.6) is 5.75 Å². The number of ether oxygens (including phenoxy) is 1. The number of aromatic amines is 5. The van der Waals surface area contributed by atoms with E-state index in [2.05, 4.69) is 116 Å². The second-order valence-corrected chi connectivity index (χ2v) is 34.5. The van der Waals surface area contributed by atoms with Gasteiger partial charge < -0.3 is 29.7 Å². The number of nitrogens with zero attached hydrogens (tertiary/aromatic N) is 20. The summed E-state index contributed by atoms with van der Waals surface area (Å²) in [6.07, 6.45) is -2.77. The summed E-state index contributed by atoms with van der Waals surface area (Å²) in [4.78, 5) is 79.3. The van der Waals surface area contributed by atoms with Gasteiger partial charge in [0.1, 0.15) is 64.3 Å². The number of thioether (sulfide) groups is 1. The fraction of sp³-hybridized carbons (Fsp3) is 0.0769. The quantitative estimate of drug-likeness (QED) is 0.0361. The normalized spacial score (nSPS) is 11.5. The van der Waals surface area contributed by atoms with Crippen LogP contribution in [-0.2, 0) is 30.9 Å². The molecule has 15 heterocycles. The van der Waals surface area contributed by atoms with Gasteiger partial charge in [-0.3, -0.25) is 0 Å². The first kappa shape index (κ1) is 98.0. The topological polar surface area (TPSA) is 400 Å². The summed E-state index contributed by atoms with van der Waals surface area (Å²) in [5, 5.41) is 50.5. The Labute approximate surface area is 806 Å². The van der Waals surface area contributed by atoms with Crippen LogP contribution in [0.3, 0.4) is 0 Å². The first-order valence-electron chi connectivity index (χ1n) is 39.0. The minimum atomic E-state index is -4.53. The van der Waals surface area contributed by atoms with Crippen LogP contribution in [-0.4, -0.2) is 113 Å². The number of hydrogen-bond donors (Lipinski definition) is 5. The number of nitriles is 5. The zero-order chi connectivity index (χ0) is 98.8. The number of methoxy groups -OCH3 is 1. The summed E-state index contributed by atoms with van der Waals surface area (Å²) in [5.41, 5.74) is 0.835. The Balaban J connectivity index is 0.000000132. The molecule has 0 atom stereocenters. The van der Waals surface area contributed by atoms with Crippen molar-refractivity contribution in [3.05, 3.63) is 292 Å². The molecule has 139 heavy (non-hydrogen) atoms. The third-order valence-corrected chi connectivity index (χ3v) is 24.3. The van der Waals surface area contributed by atoms with E-state index >= 15 is 0 Å². The fourth-order valence-electron chi connectivity index (χ4n) is 12.9. The fourth-order valence-corrected chi connectivity index (χ4v) is 16.9. The van der Waals surface area contributed by atoms with Crippen molar-refractivity contribution in [3.63, 3.8) is 0 Å². The van der Waals surface area contributed by atoms with Gasteiger partial charge in [0.15, 0.2) is 25.8 Å². The molecule has 15 aromatic heterocycles. The van der Waals surface area contributed by atoms with Gasteiger partial charge >= 0.3 is 30.9 Å². The van der Waals surface area contributed by atoms with Crippen LogP contribution in [0.15, 0.2) is 276 Å². The average Bonchev–Trinajstić information content (AvgIpc) is 1.68. The lowest BCUT2D eigenvalue weighted by atomic mass is 10.1. The molecule has 0 aliphatic carbocycles. The molecule has 0 radical (unpaired) electrons. The summed E-state index contributed by atoms with van der Waals surface area (Å²) < 4.78 is 202. The summed E-state index contributed by atoms with van der Waals surface area (Å²) >= 11 is 15.6. The van der Waals surface area contributed by atoms with Gasteiger partial charge in [0.2, 0.25) is 0 Å². The molecule has 26 nitrogen and oxygen atoms in total. The van der Waals surface area contributed by atoms with Crippen LogP contribution >= 0.6 is 86.3 Å². The maximum absolute atomic E-state index is 13.1. The van der Waals surface area contributed by atoms with Gasteiger partial charge in [0.05, 0.1) is 91.2 Å². The molecule has 48 heteroatoms. The Morgan fingerprint density at radius 2 is 0.561 bits per heavy atom. The summed E-state index contributed by atoms with van der Waals surface area (Å²) in [6, 6.07) is 46.1. The Bertz CT molecular complexity index is 8070. The van der Waals surface area contributed by atoms with Crippen molar-refractivity contribution in [2.45, 2.75) is 76.2 Å². The van der Waals surface area contributed by atoms with E-state index < -0.39 is 58.7 Å². The molecule has 19 rings (SSSR count). The highest BCUT2D eigenvalue weighted by Gasteiger charge is 2.37. The molecule has 0 spiro atoms. The van der Waals surface area contributed by atoms with Crippen molar-refractivity contribution in [1.29, 1.82) is 26.3 Å². The molecule has 0 bridgehead atoms. The molecule has 692 valence electrons. The van der Waals surface area contributed by atoms with E-state index in [1.807, 2.05) is 97.1 Å². The minimum absolute atomic E-state index is 0.142. The number of nitrogens with one attached hydrogen (secondary N) is 5. The first-order chi connectivity index (χ1) is 66.5. The van der Waals surface area contributed by atoms with E-state index in [0.29, 0.717) is 70.0 Å². The molecule has 0 fully saturated rings. The Kier molecular flexibility index (Phi) is 29.3. The smallest absolute Gasteiger partial charge is 0.417 e. The molecular weight excluding hydrogens is 2020 g/mol. The number of fused-ring (bicyclic) bond motifs is 5. The van der Waals surface area contributed by atoms with Crippen LogP contribution in [0.1, 0.15) is 55.6 Å². The number of benzene rings is 4. The Hall–Kier alpha value is -15.6. The highest BCUT2D eigenvalue weighted by molar-refractivity contribution is 9.10. The minimum Gasteiger partial charge on any atom is -0.497 e. The molecular formula is C91H48BrClF15N25OS5. The number of H-pyrrole nitrogens is 5. The number of rotatable bonds is 15. The van der Waals surface area contributed by atoms with Crippen LogP contribution in [0.2, 0.25) is 5.02 Å². The summed E-state index contributed by atoms with van der Waals surface area (Å²) in [7, 11) is 1.57. The van der Waals surface area contributed by atoms with Crippen molar-refractivity contribution in [3.8, 4) is 92.4 Å². The van der Waals surface area contributed by atoms with Crippen molar-refractivity contribution >= 4 is 142 Å². The lowest BCUT2D eigenvalue weighted by molar-refractivity contribution is -0.138. The largest absolute Gasteiger partial charge is 0.497 e. The summed E-state index contributed by atoms with van der Waals surface area (Å²) in [5.74, 6) is 0.701. The zero-order valence-electron chi connectivity index (χ0n) is 69.7. The predicted molar refractivity (Wildman–Crippen MR) is 487 cm³/mol.